The Labute approximate surface area is 101 Å². The molecule has 0 aromatic heterocycles. The molecular weight excluding hydrogens is 318 g/mol. The zero-order valence-electron chi connectivity index (χ0n) is 7.99. The van der Waals surface area contributed by atoms with Gasteiger partial charge in [0.05, 0.1) is 4.47 Å². The molecule has 96 valence electrons. The van der Waals surface area contributed by atoms with Crippen molar-refractivity contribution in [1.29, 1.82) is 0 Å². The molecule has 0 amide bonds. The summed E-state index contributed by atoms with van der Waals surface area (Å²) >= 11 is 2.77. The fourth-order valence-corrected chi connectivity index (χ4v) is 1.31. The topological polar surface area (TPSA) is 9.23 Å². The predicted octanol–water partition coefficient (Wildman–Crippen LogP) is 4.16. The van der Waals surface area contributed by atoms with E-state index in [0.29, 0.717) is 0 Å². The molecule has 0 N–H and O–H groups in total. The minimum Gasteiger partial charge on any atom is -0.486 e. The van der Waals surface area contributed by atoms with Crippen LogP contribution in [-0.4, -0.2) is 18.7 Å². The number of ether oxygens (including phenoxy) is 1. The number of halogens is 7. The number of benzene rings is 1. The summed E-state index contributed by atoms with van der Waals surface area (Å²) < 4.78 is 77.2. The van der Waals surface area contributed by atoms with Gasteiger partial charge in [-0.1, -0.05) is 0 Å². The van der Waals surface area contributed by atoms with E-state index >= 15 is 0 Å². The molecule has 1 aromatic carbocycles. The molecule has 0 saturated carbocycles. The number of hydrogen-bond donors (Lipinski definition) is 0. The second-order valence-electron chi connectivity index (χ2n) is 3.07. The monoisotopic (exact) mass is 322 g/mol. The van der Waals surface area contributed by atoms with E-state index in [1.54, 1.807) is 0 Å². The molecule has 17 heavy (non-hydrogen) atoms. The van der Waals surface area contributed by atoms with Crippen LogP contribution in [0.4, 0.5) is 26.3 Å². The van der Waals surface area contributed by atoms with Crippen molar-refractivity contribution in [2.75, 3.05) is 6.61 Å². The molecule has 0 aliphatic rings. The van der Waals surface area contributed by atoms with E-state index < -0.39 is 24.5 Å². The highest BCUT2D eigenvalue weighted by Gasteiger charge is 2.58. The SMILES string of the molecule is Fc1ccc(OCC(F)(F)C(F)(F)F)c(Br)c1. The molecule has 0 spiro atoms. The summed E-state index contributed by atoms with van der Waals surface area (Å²) in [7, 11) is 0. The lowest BCUT2D eigenvalue weighted by atomic mass is 10.3. The average molecular weight is 323 g/mol. The standard InChI is InChI=1S/C9H5BrF6O/c10-6-3-5(11)1-2-7(6)17-4-8(12,13)9(14,15)16/h1-3H,4H2. The Morgan fingerprint density at radius 1 is 1.12 bits per heavy atom. The van der Waals surface area contributed by atoms with E-state index in [1.165, 1.54) is 0 Å². The van der Waals surface area contributed by atoms with Crippen molar-refractivity contribution in [3.63, 3.8) is 0 Å². The van der Waals surface area contributed by atoms with Crippen molar-refractivity contribution in [2.45, 2.75) is 12.1 Å². The third kappa shape index (κ3) is 3.52. The van der Waals surface area contributed by atoms with Gasteiger partial charge in [-0.05, 0) is 34.1 Å². The molecule has 0 atom stereocenters. The van der Waals surface area contributed by atoms with Crippen LogP contribution in [0.3, 0.4) is 0 Å². The first-order chi connectivity index (χ1) is 7.63. The molecule has 8 heteroatoms. The Hall–Kier alpha value is -0.920. The van der Waals surface area contributed by atoms with Crippen LogP contribution in [0.25, 0.3) is 0 Å². The van der Waals surface area contributed by atoms with Gasteiger partial charge in [-0.15, -0.1) is 0 Å². The van der Waals surface area contributed by atoms with E-state index in [9.17, 15) is 26.3 Å². The maximum atomic E-state index is 12.6. The number of rotatable bonds is 3. The lowest BCUT2D eigenvalue weighted by Gasteiger charge is -2.20. The molecule has 0 unspecified atom stereocenters. The number of alkyl halides is 5. The highest BCUT2D eigenvalue weighted by Crippen LogP contribution is 2.36. The average Bonchev–Trinajstić information content (AvgIpc) is 2.14. The van der Waals surface area contributed by atoms with E-state index in [0.717, 1.165) is 18.2 Å². The Bertz CT molecular complexity index is 403. The zero-order chi connectivity index (χ0) is 13.3. The lowest BCUT2D eigenvalue weighted by Crippen LogP contribution is -2.41. The Morgan fingerprint density at radius 3 is 2.18 bits per heavy atom. The van der Waals surface area contributed by atoms with E-state index in [-0.39, 0.29) is 10.2 Å². The van der Waals surface area contributed by atoms with Crippen molar-refractivity contribution in [1.82, 2.24) is 0 Å². The quantitative estimate of drug-likeness (QED) is 0.759. The normalized spacial score (nSPS) is 12.6. The zero-order valence-corrected chi connectivity index (χ0v) is 9.58. The Kier molecular flexibility index (Phi) is 3.95. The van der Waals surface area contributed by atoms with E-state index in [1.807, 2.05) is 0 Å². The molecule has 0 heterocycles. The molecule has 0 aliphatic heterocycles. The molecule has 0 saturated heterocycles. The van der Waals surface area contributed by atoms with Gasteiger partial charge in [0.25, 0.3) is 0 Å². The molecule has 0 aliphatic carbocycles. The summed E-state index contributed by atoms with van der Waals surface area (Å²) in [6.07, 6.45) is -5.68. The van der Waals surface area contributed by atoms with Crippen molar-refractivity contribution in [2.24, 2.45) is 0 Å². The highest BCUT2D eigenvalue weighted by atomic mass is 79.9. The van der Waals surface area contributed by atoms with Crippen LogP contribution < -0.4 is 4.74 Å². The fraction of sp³-hybridized carbons (Fsp3) is 0.333. The summed E-state index contributed by atoms with van der Waals surface area (Å²) in [5.74, 6) is -5.93. The van der Waals surface area contributed by atoms with E-state index in [2.05, 4.69) is 20.7 Å². The molecular formula is C9H5BrF6O. The van der Waals surface area contributed by atoms with Crippen LogP contribution in [0.2, 0.25) is 0 Å². The number of hydrogen-bond acceptors (Lipinski definition) is 1. The van der Waals surface area contributed by atoms with Gasteiger partial charge in [0, 0.05) is 0 Å². The van der Waals surface area contributed by atoms with E-state index in [4.69, 9.17) is 0 Å². The van der Waals surface area contributed by atoms with Gasteiger partial charge in [0.1, 0.15) is 11.6 Å². The van der Waals surface area contributed by atoms with Crippen LogP contribution in [0.5, 0.6) is 5.75 Å². The minimum absolute atomic E-state index is 0.0459. The Morgan fingerprint density at radius 2 is 1.71 bits per heavy atom. The second kappa shape index (κ2) is 4.75. The molecule has 1 rings (SSSR count). The largest absolute Gasteiger partial charge is 0.486 e. The molecule has 1 nitrogen and oxygen atoms in total. The Balaban J connectivity index is 2.74. The van der Waals surface area contributed by atoms with Gasteiger partial charge in [-0.2, -0.15) is 22.0 Å². The molecule has 0 radical (unpaired) electrons. The van der Waals surface area contributed by atoms with Gasteiger partial charge in [-0.25, -0.2) is 4.39 Å². The minimum atomic E-state index is -5.68. The van der Waals surface area contributed by atoms with Crippen molar-refractivity contribution < 1.29 is 31.1 Å². The van der Waals surface area contributed by atoms with Crippen LogP contribution >= 0.6 is 15.9 Å². The van der Waals surface area contributed by atoms with Gasteiger partial charge in [-0.3, -0.25) is 0 Å². The predicted molar refractivity (Wildman–Crippen MR) is 50.6 cm³/mol. The summed E-state index contributed by atoms with van der Waals surface area (Å²) in [6.45, 7) is -1.86. The van der Waals surface area contributed by atoms with Crippen LogP contribution in [0.1, 0.15) is 0 Å². The summed E-state index contributed by atoms with van der Waals surface area (Å²) in [5, 5.41) is 0. The van der Waals surface area contributed by atoms with Gasteiger partial charge >= 0.3 is 12.1 Å². The van der Waals surface area contributed by atoms with Gasteiger partial charge in [0.15, 0.2) is 6.61 Å². The first-order valence-electron chi connectivity index (χ1n) is 4.16. The smallest absolute Gasteiger partial charge is 0.456 e. The van der Waals surface area contributed by atoms with Crippen LogP contribution in [-0.2, 0) is 0 Å². The first kappa shape index (κ1) is 14.1. The summed E-state index contributed by atoms with van der Waals surface area (Å²) in [4.78, 5) is 0. The van der Waals surface area contributed by atoms with Crippen molar-refractivity contribution >= 4 is 15.9 Å². The second-order valence-corrected chi connectivity index (χ2v) is 3.92. The maximum Gasteiger partial charge on any atom is 0.456 e. The highest BCUT2D eigenvalue weighted by molar-refractivity contribution is 9.10. The van der Waals surface area contributed by atoms with Gasteiger partial charge in [0.2, 0.25) is 0 Å². The van der Waals surface area contributed by atoms with Gasteiger partial charge < -0.3 is 4.74 Å². The molecule has 0 fully saturated rings. The van der Waals surface area contributed by atoms with Crippen LogP contribution in [0, 0.1) is 5.82 Å². The van der Waals surface area contributed by atoms with Crippen molar-refractivity contribution in [3.8, 4) is 5.75 Å². The molecule has 1 aromatic rings. The first-order valence-corrected chi connectivity index (χ1v) is 4.95. The lowest BCUT2D eigenvalue weighted by molar-refractivity contribution is -0.290. The van der Waals surface area contributed by atoms with Crippen molar-refractivity contribution in [3.05, 3.63) is 28.5 Å². The fourth-order valence-electron chi connectivity index (χ4n) is 0.842. The summed E-state index contributed by atoms with van der Waals surface area (Å²) in [6, 6.07) is 2.72. The third-order valence-electron chi connectivity index (χ3n) is 1.72. The van der Waals surface area contributed by atoms with Crippen LogP contribution in [0.15, 0.2) is 22.7 Å². The third-order valence-corrected chi connectivity index (χ3v) is 2.34. The molecule has 0 bridgehead atoms. The summed E-state index contributed by atoms with van der Waals surface area (Å²) in [5.41, 5.74) is 0. The maximum absolute atomic E-state index is 12.6.